The minimum absolute atomic E-state index is 0.0690. The molecule has 39 heavy (non-hydrogen) atoms. The largest absolute Gasteiger partial charge is 0.493 e. The number of fused-ring (bicyclic) bond motifs is 3. The van der Waals surface area contributed by atoms with E-state index < -0.39 is 5.92 Å². The lowest BCUT2D eigenvalue weighted by Gasteiger charge is -2.26. The first kappa shape index (κ1) is 25.9. The second kappa shape index (κ2) is 10.6. The van der Waals surface area contributed by atoms with Gasteiger partial charge in [-0.2, -0.15) is 0 Å². The van der Waals surface area contributed by atoms with Gasteiger partial charge >= 0.3 is 5.97 Å². The molecule has 0 fully saturated rings. The van der Waals surface area contributed by atoms with Gasteiger partial charge in [0.15, 0.2) is 23.0 Å². The summed E-state index contributed by atoms with van der Waals surface area (Å²) in [6, 6.07) is 14.0. The lowest BCUT2D eigenvalue weighted by molar-refractivity contribution is -0.135. The molecule has 1 atom stereocenters. The summed E-state index contributed by atoms with van der Waals surface area (Å²) in [5.41, 5.74) is 3.41. The quantitative estimate of drug-likeness (QED) is 0.159. The molecular formula is C31H28O8. The molecule has 0 saturated heterocycles. The molecule has 2 heterocycles. The lowest BCUT2D eigenvalue weighted by atomic mass is 9.85. The van der Waals surface area contributed by atoms with Crippen molar-refractivity contribution in [1.82, 2.24) is 0 Å². The van der Waals surface area contributed by atoms with E-state index >= 15 is 0 Å². The molecule has 0 aliphatic carbocycles. The Morgan fingerprint density at radius 2 is 1.64 bits per heavy atom. The van der Waals surface area contributed by atoms with Gasteiger partial charge in [-0.05, 0) is 60.0 Å². The first-order valence-corrected chi connectivity index (χ1v) is 12.3. The van der Waals surface area contributed by atoms with Crippen LogP contribution in [-0.4, -0.2) is 33.9 Å². The van der Waals surface area contributed by atoms with Crippen molar-refractivity contribution in [2.24, 2.45) is 0 Å². The third-order valence-corrected chi connectivity index (χ3v) is 6.64. The third kappa shape index (κ3) is 4.81. The molecule has 0 spiro atoms. The van der Waals surface area contributed by atoms with Crippen LogP contribution in [0.1, 0.15) is 30.4 Å². The summed E-state index contributed by atoms with van der Waals surface area (Å²) in [5, 5.41) is 0.372. The van der Waals surface area contributed by atoms with Crippen LogP contribution < -0.4 is 29.1 Å². The lowest BCUT2D eigenvalue weighted by Crippen LogP contribution is -2.22. The van der Waals surface area contributed by atoms with Crippen LogP contribution in [0.5, 0.6) is 28.7 Å². The summed E-state index contributed by atoms with van der Waals surface area (Å²) >= 11 is 0. The normalized spacial score (nSPS) is 14.4. The summed E-state index contributed by atoms with van der Waals surface area (Å²) in [6.07, 6.45) is 1.49. The number of ether oxygens (including phenoxy) is 5. The molecule has 200 valence electrons. The number of hydrogen-bond donors (Lipinski definition) is 0. The Morgan fingerprint density at radius 1 is 0.923 bits per heavy atom. The van der Waals surface area contributed by atoms with Crippen LogP contribution >= 0.6 is 0 Å². The smallest absolute Gasteiger partial charge is 0.312 e. The molecule has 1 aromatic heterocycles. The Bertz CT molecular complexity index is 1650. The highest BCUT2D eigenvalue weighted by Crippen LogP contribution is 2.44. The maximum Gasteiger partial charge on any atom is 0.312 e. The van der Waals surface area contributed by atoms with Gasteiger partial charge in [-0.3, -0.25) is 9.59 Å². The first-order valence-electron chi connectivity index (χ1n) is 12.3. The zero-order valence-electron chi connectivity index (χ0n) is 22.2. The molecule has 5 rings (SSSR count). The van der Waals surface area contributed by atoms with Crippen LogP contribution in [0.25, 0.3) is 22.1 Å². The predicted octanol–water partition coefficient (Wildman–Crippen LogP) is 5.88. The van der Waals surface area contributed by atoms with Crippen molar-refractivity contribution in [3.05, 3.63) is 88.3 Å². The summed E-state index contributed by atoms with van der Waals surface area (Å²) in [4.78, 5) is 26.3. The Labute approximate surface area is 225 Å². The number of rotatable bonds is 8. The maximum atomic E-state index is 13.7. The van der Waals surface area contributed by atoms with Crippen molar-refractivity contribution < 1.29 is 32.9 Å². The van der Waals surface area contributed by atoms with E-state index in [0.717, 1.165) is 11.1 Å². The molecule has 0 saturated carbocycles. The minimum atomic E-state index is -0.432. The standard InChI is InChI=1S/C31H28O8/c1-17(2)15-37-27-13-18(6-10-24(27)35-4)21-14-28(32)39-25-11-8-20-30(33)22(16-38-31(20)29(21)25)19-7-9-23(34-3)26(12-19)36-5/h6-13,16,21H,1,14-15H2,2-5H3. The summed E-state index contributed by atoms with van der Waals surface area (Å²) in [7, 11) is 4.65. The zero-order valence-corrected chi connectivity index (χ0v) is 22.2. The number of methoxy groups -OCH3 is 3. The summed E-state index contributed by atoms with van der Waals surface area (Å²) in [5.74, 6) is 1.67. The van der Waals surface area contributed by atoms with Gasteiger partial charge in [0.2, 0.25) is 5.43 Å². The molecule has 3 aromatic carbocycles. The van der Waals surface area contributed by atoms with Crippen molar-refractivity contribution in [2.75, 3.05) is 27.9 Å². The van der Waals surface area contributed by atoms with Crippen LogP contribution in [0.15, 0.2) is 76.2 Å². The number of esters is 1. The van der Waals surface area contributed by atoms with Gasteiger partial charge in [-0.25, -0.2) is 0 Å². The average Bonchev–Trinajstić information content (AvgIpc) is 2.95. The fourth-order valence-electron chi connectivity index (χ4n) is 4.77. The van der Waals surface area contributed by atoms with Crippen molar-refractivity contribution in [3.63, 3.8) is 0 Å². The molecule has 1 aliphatic rings. The third-order valence-electron chi connectivity index (χ3n) is 6.64. The second-order valence-corrected chi connectivity index (χ2v) is 9.29. The highest BCUT2D eigenvalue weighted by atomic mass is 16.5. The van der Waals surface area contributed by atoms with E-state index in [1.165, 1.54) is 13.4 Å². The van der Waals surface area contributed by atoms with Crippen molar-refractivity contribution in [3.8, 4) is 39.9 Å². The van der Waals surface area contributed by atoms with E-state index in [2.05, 4.69) is 6.58 Å². The fourth-order valence-corrected chi connectivity index (χ4v) is 4.77. The maximum absolute atomic E-state index is 13.7. The van der Waals surface area contributed by atoms with E-state index in [9.17, 15) is 9.59 Å². The van der Waals surface area contributed by atoms with Crippen LogP contribution in [-0.2, 0) is 4.79 Å². The second-order valence-electron chi connectivity index (χ2n) is 9.29. The fraction of sp³-hybridized carbons (Fsp3) is 0.226. The van der Waals surface area contributed by atoms with E-state index in [-0.39, 0.29) is 17.8 Å². The number of hydrogen-bond acceptors (Lipinski definition) is 8. The topological polar surface area (TPSA) is 93.4 Å². The summed E-state index contributed by atoms with van der Waals surface area (Å²) < 4.78 is 33.8. The Balaban J connectivity index is 1.64. The SMILES string of the molecule is C=C(C)COc1cc(C2CC(=O)Oc3ccc4c(=O)c(-c5ccc(OC)c(OC)c5)coc4c32)ccc1OC. The van der Waals surface area contributed by atoms with Gasteiger partial charge in [0.1, 0.15) is 24.2 Å². The Morgan fingerprint density at radius 3 is 2.36 bits per heavy atom. The number of carbonyl (C=O) groups excluding carboxylic acids is 1. The monoisotopic (exact) mass is 528 g/mol. The van der Waals surface area contributed by atoms with Crippen molar-refractivity contribution in [2.45, 2.75) is 19.3 Å². The molecule has 4 aromatic rings. The number of benzene rings is 3. The summed E-state index contributed by atoms with van der Waals surface area (Å²) in [6.45, 7) is 6.07. The molecule has 8 nitrogen and oxygen atoms in total. The van der Waals surface area contributed by atoms with Crippen LogP contribution in [0.4, 0.5) is 0 Å². The molecule has 1 unspecified atom stereocenters. The van der Waals surface area contributed by atoms with Crippen LogP contribution in [0, 0.1) is 0 Å². The van der Waals surface area contributed by atoms with Crippen molar-refractivity contribution >= 4 is 16.9 Å². The van der Waals surface area contributed by atoms with Gasteiger partial charge in [-0.15, -0.1) is 0 Å². The molecule has 0 bridgehead atoms. The van der Waals surface area contributed by atoms with Crippen LogP contribution in [0.3, 0.4) is 0 Å². The van der Waals surface area contributed by atoms with Gasteiger partial charge in [0, 0.05) is 11.5 Å². The molecular weight excluding hydrogens is 500 g/mol. The van der Waals surface area contributed by atoms with Crippen LogP contribution in [0.2, 0.25) is 0 Å². The highest BCUT2D eigenvalue weighted by Gasteiger charge is 2.33. The van der Waals surface area contributed by atoms with Gasteiger partial charge in [-0.1, -0.05) is 18.7 Å². The molecule has 0 radical (unpaired) electrons. The van der Waals surface area contributed by atoms with Crippen molar-refractivity contribution in [1.29, 1.82) is 0 Å². The van der Waals surface area contributed by atoms with Gasteiger partial charge < -0.3 is 28.1 Å². The van der Waals surface area contributed by atoms with E-state index in [1.807, 2.05) is 19.1 Å². The van der Waals surface area contributed by atoms with Gasteiger partial charge in [0.05, 0.1) is 38.7 Å². The highest BCUT2D eigenvalue weighted by molar-refractivity contribution is 5.90. The Kier molecular flexibility index (Phi) is 7.02. The van der Waals surface area contributed by atoms with E-state index in [4.69, 9.17) is 28.1 Å². The molecule has 0 amide bonds. The minimum Gasteiger partial charge on any atom is -0.493 e. The van der Waals surface area contributed by atoms with Gasteiger partial charge in [0.25, 0.3) is 0 Å². The van der Waals surface area contributed by atoms with E-state index in [0.29, 0.717) is 63.0 Å². The van der Waals surface area contributed by atoms with E-state index in [1.54, 1.807) is 50.6 Å². The molecule has 8 heteroatoms. The molecule has 1 aliphatic heterocycles. The predicted molar refractivity (Wildman–Crippen MR) is 146 cm³/mol. The first-order chi connectivity index (χ1) is 18.8. The Hall–Kier alpha value is -4.72. The average molecular weight is 529 g/mol. The number of carbonyl (C=O) groups is 1. The molecule has 0 N–H and O–H groups in total. The zero-order chi connectivity index (χ0) is 27.7.